The van der Waals surface area contributed by atoms with Crippen molar-refractivity contribution >= 4 is 11.9 Å². The third-order valence-electron chi connectivity index (χ3n) is 6.02. The molecule has 0 bridgehead atoms. The monoisotopic (exact) mass is 442 g/mol. The van der Waals surface area contributed by atoms with Crippen LogP contribution < -0.4 is 9.47 Å². The van der Waals surface area contributed by atoms with E-state index >= 15 is 0 Å². The van der Waals surface area contributed by atoms with Gasteiger partial charge in [0.2, 0.25) is 6.79 Å². The number of hydrogen-bond acceptors (Lipinski definition) is 5. The van der Waals surface area contributed by atoms with E-state index in [0.717, 1.165) is 11.6 Å². The minimum Gasteiger partial charge on any atom is -0.457 e. The minimum atomic E-state index is -0.567. The molecule has 0 spiro atoms. The van der Waals surface area contributed by atoms with Gasteiger partial charge >= 0.3 is 11.9 Å². The molecule has 5 heteroatoms. The first-order valence-electron chi connectivity index (χ1n) is 10.7. The molecule has 0 N–H and O–H groups in total. The number of benzene rings is 3. The maximum Gasteiger partial charge on any atom is 0.343 e. The molecular weight excluding hydrogens is 416 g/mol. The number of aryl methyl sites for hydroxylation is 2. The van der Waals surface area contributed by atoms with Gasteiger partial charge in [-0.1, -0.05) is 50.3 Å². The normalized spacial score (nSPS) is 13.0. The van der Waals surface area contributed by atoms with E-state index in [9.17, 15) is 9.59 Å². The Kier molecular flexibility index (Phi) is 5.81. The van der Waals surface area contributed by atoms with Gasteiger partial charge in [-0.3, -0.25) is 0 Å². The highest BCUT2D eigenvalue weighted by atomic mass is 16.7. The molecule has 0 fully saturated rings. The van der Waals surface area contributed by atoms with Crippen LogP contribution in [0.1, 0.15) is 46.5 Å². The van der Waals surface area contributed by atoms with Crippen molar-refractivity contribution in [1.29, 1.82) is 0 Å². The Hall–Kier alpha value is -3.86. The van der Waals surface area contributed by atoms with E-state index in [1.807, 2.05) is 18.2 Å². The maximum absolute atomic E-state index is 12.9. The second kappa shape index (κ2) is 8.58. The van der Waals surface area contributed by atoms with E-state index < -0.39 is 11.9 Å². The third kappa shape index (κ3) is 4.27. The number of carbonyl (C=O) groups is 2. The van der Waals surface area contributed by atoms with Crippen LogP contribution in [-0.2, 0) is 14.9 Å². The fraction of sp³-hybridized carbons (Fsp3) is 0.214. The summed E-state index contributed by atoms with van der Waals surface area (Å²) in [4.78, 5) is 24.0. The molecule has 3 aromatic carbocycles. The number of hydrogen-bond donors (Lipinski definition) is 0. The van der Waals surface area contributed by atoms with Gasteiger partial charge in [-0.05, 0) is 72.0 Å². The molecule has 4 rings (SSSR count). The van der Waals surface area contributed by atoms with Crippen LogP contribution in [0.25, 0.3) is 11.1 Å². The zero-order chi connectivity index (χ0) is 23.8. The summed E-state index contributed by atoms with van der Waals surface area (Å²) in [5, 5.41) is 0. The van der Waals surface area contributed by atoms with Crippen molar-refractivity contribution in [3.63, 3.8) is 0 Å². The van der Waals surface area contributed by atoms with Crippen LogP contribution in [0.4, 0.5) is 0 Å². The minimum absolute atomic E-state index is 0.178. The fourth-order valence-corrected chi connectivity index (χ4v) is 4.23. The number of esters is 2. The highest BCUT2D eigenvalue weighted by Gasteiger charge is 2.35. The average molecular weight is 443 g/mol. The molecule has 33 heavy (non-hydrogen) atoms. The molecule has 0 atom stereocenters. The van der Waals surface area contributed by atoms with Crippen LogP contribution in [0.3, 0.4) is 0 Å². The lowest BCUT2D eigenvalue weighted by Crippen LogP contribution is -2.16. The van der Waals surface area contributed by atoms with Gasteiger partial charge in [0, 0.05) is 11.5 Å². The van der Waals surface area contributed by atoms with Crippen molar-refractivity contribution in [2.24, 2.45) is 0 Å². The lowest BCUT2D eigenvalue weighted by Gasteiger charge is -2.22. The number of fused-ring (bicyclic) bond motifs is 3. The van der Waals surface area contributed by atoms with Crippen LogP contribution in [0, 0.1) is 13.8 Å². The van der Waals surface area contributed by atoms with E-state index in [1.165, 1.54) is 22.3 Å². The summed E-state index contributed by atoms with van der Waals surface area (Å²) in [6.07, 6.45) is 1.06. The van der Waals surface area contributed by atoms with Crippen LogP contribution in [0.2, 0.25) is 0 Å². The average Bonchev–Trinajstić information content (AvgIpc) is 3.00. The SMILES string of the molecule is C=CC(=O)OCOc1ccc(C(=O)Oc2ccc3c(c2)C(C)(C)c2cc(C)ccc2-3)c(C)c1. The first-order chi connectivity index (χ1) is 15.7. The van der Waals surface area contributed by atoms with Crippen LogP contribution >= 0.6 is 0 Å². The lowest BCUT2D eigenvalue weighted by molar-refractivity contribution is -0.144. The van der Waals surface area contributed by atoms with E-state index in [0.29, 0.717) is 22.6 Å². The molecule has 0 unspecified atom stereocenters. The Morgan fingerprint density at radius 1 is 0.909 bits per heavy atom. The Morgan fingerprint density at radius 2 is 1.58 bits per heavy atom. The van der Waals surface area contributed by atoms with Crippen molar-refractivity contribution in [1.82, 2.24) is 0 Å². The molecule has 1 aliphatic rings. The van der Waals surface area contributed by atoms with E-state index in [1.54, 1.807) is 25.1 Å². The summed E-state index contributed by atoms with van der Waals surface area (Å²) < 4.78 is 15.9. The highest BCUT2D eigenvalue weighted by Crippen LogP contribution is 2.49. The van der Waals surface area contributed by atoms with Crippen molar-refractivity contribution < 1.29 is 23.8 Å². The van der Waals surface area contributed by atoms with Gasteiger partial charge in [0.15, 0.2) is 0 Å². The molecular formula is C28H26O5. The molecule has 1 aliphatic carbocycles. The fourth-order valence-electron chi connectivity index (χ4n) is 4.23. The molecule has 0 aliphatic heterocycles. The molecule has 0 amide bonds. The second-order valence-electron chi connectivity index (χ2n) is 8.68. The predicted octanol–water partition coefficient (Wildman–Crippen LogP) is 5.89. The zero-order valence-electron chi connectivity index (χ0n) is 19.2. The lowest BCUT2D eigenvalue weighted by atomic mass is 9.82. The summed E-state index contributed by atoms with van der Waals surface area (Å²) in [6.45, 7) is 11.4. The van der Waals surface area contributed by atoms with Gasteiger partial charge in [-0.15, -0.1) is 0 Å². The smallest absolute Gasteiger partial charge is 0.343 e. The van der Waals surface area contributed by atoms with Crippen molar-refractivity contribution in [3.8, 4) is 22.6 Å². The number of rotatable bonds is 6. The number of ether oxygens (including phenoxy) is 3. The molecule has 168 valence electrons. The molecule has 0 saturated heterocycles. The van der Waals surface area contributed by atoms with Crippen molar-refractivity contribution in [2.75, 3.05) is 6.79 Å². The Morgan fingerprint density at radius 3 is 2.27 bits per heavy atom. The van der Waals surface area contributed by atoms with Gasteiger partial charge < -0.3 is 14.2 Å². The molecule has 5 nitrogen and oxygen atoms in total. The second-order valence-corrected chi connectivity index (χ2v) is 8.68. The van der Waals surface area contributed by atoms with E-state index in [2.05, 4.69) is 45.5 Å². The van der Waals surface area contributed by atoms with E-state index in [4.69, 9.17) is 14.2 Å². The summed E-state index contributed by atoms with van der Waals surface area (Å²) in [7, 11) is 0. The van der Waals surface area contributed by atoms with Gasteiger partial charge in [-0.25, -0.2) is 9.59 Å². The Labute approximate surface area is 193 Å². The molecule has 0 aromatic heterocycles. The summed E-state index contributed by atoms with van der Waals surface area (Å²) in [5.41, 5.74) is 7.00. The van der Waals surface area contributed by atoms with Gasteiger partial charge in [0.25, 0.3) is 0 Å². The third-order valence-corrected chi connectivity index (χ3v) is 6.02. The van der Waals surface area contributed by atoms with Crippen molar-refractivity contribution in [3.05, 3.63) is 95.1 Å². The predicted molar refractivity (Wildman–Crippen MR) is 127 cm³/mol. The van der Waals surface area contributed by atoms with E-state index in [-0.39, 0.29) is 12.2 Å². The molecule has 3 aromatic rings. The number of carbonyl (C=O) groups excluding carboxylic acids is 2. The maximum atomic E-state index is 12.9. The quantitative estimate of drug-likeness (QED) is 0.206. The standard InChI is InChI=1S/C28H26O5/c1-6-26(29)32-16-31-19-8-11-21(18(3)14-19)27(30)33-20-9-12-23-22-10-7-17(2)13-24(22)28(4,5)25(23)15-20/h6-15H,1,16H2,2-5H3. The van der Waals surface area contributed by atoms with Gasteiger partial charge in [-0.2, -0.15) is 0 Å². The first-order valence-corrected chi connectivity index (χ1v) is 10.7. The molecule has 0 heterocycles. The largest absolute Gasteiger partial charge is 0.457 e. The summed E-state index contributed by atoms with van der Waals surface area (Å²) in [6, 6.07) is 17.3. The first kappa shape index (κ1) is 22.3. The molecule has 0 saturated carbocycles. The Balaban J connectivity index is 1.51. The van der Waals surface area contributed by atoms with Crippen molar-refractivity contribution in [2.45, 2.75) is 33.1 Å². The molecule has 0 radical (unpaired) electrons. The van der Waals surface area contributed by atoms with Crippen LogP contribution in [0.5, 0.6) is 11.5 Å². The van der Waals surface area contributed by atoms with Gasteiger partial charge in [0.05, 0.1) is 5.56 Å². The highest BCUT2D eigenvalue weighted by molar-refractivity contribution is 5.93. The summed E-state index contributed by atoms with van der Waals surface area (Å²) >= 11 is 0. The van der Waals surface area contributed by atoms with Crippen LogP contribution in [-0.4, -0.2) is 18.7 Å². The Bertz CT molecular complexity index is 1270. The van der Waals surface area contributed by atoms with Crippen LogP contribution in [0.15, 0.2) is 67.3 Å². The zero-order valence-corrected chi connectivity index (χ0v) is 19.2. The topological polar surface area (TPSA) is 61.8 Å². The van der Waals surface area contributed by atoms with Gasteiger partial charge in [0.1, 0.15) is 11.5 Å². The summed E-state index contributed by atoms with van der Waals surface area (Å²) in [5.74, 6) is -0.0235.